The van der Waals surface area contributed by atoms with E-state index in [0.717, 1.165) is 0 Å². The smallest absolute Gasteiger partial charge is 0.00264 e. The first kappa shape index (κ1) is 17.0. The van der Waals surface area contributed by atoms with Crippen molar-refractivity contribution in [3.05, 3.63) is 121 Å². The summed E-state index contributed by atoms with van der Waals surface area (Å²) in [5.41, 5.74) is 0. The lowest BCUT2D eigenvalue weighted by Crippen LogP contribution is -1.85. The molecule has 0 aliphatic carbocycles. The van der Waals surface area contributed by atoms with Gasteiger partial charge < -0.3 is 0 Å². The van der Waals surface area contributed by atoms with Crippen LogP contribution in [0, 0.1) is 0 Å². The van der Waals surface area contributed by atoms with Crippen molar-refractivity contribution in [3.63, 3.8) is 0 Å². The third kappa shape index (κ3) is 2.62. The molecule has 0 heterocycles. The van der Waals surface area contributed by atoms with E-state index in [4.69, 9.17) is 0 Å². The molecule has 0 nitrogen and oxygen atoms in total. The molecular formula is C30H20. The fourth-order valence-corrected chi connectivity index (χ4v) is 4.71. The fourth-order valence-electron chi connectivity index (χ4n) is 4.71. The Hall–Kier alpha value is -3.90. The van der Waals surface area contributed by atoms with Crippen molar-refractivity contribution >= 4 is 53.9 Å². The molecule has 7 aromatic rings. The van der Waals surface area contributed by atoms with Gasteiger partial charge in [0.1, 0.15) is 0 Å². The van der Waals surface area contributed by atoms with E-state index in [1.54, 1.807) is 0 Å². The van der Waals surface area contributed by atoms with Crippen molar-refractivity contribution in [2.75, 3.05) is 0 Å². The average Bonchev–Trinajstić information content (AvgIpc) is 2.83. The van der Waals surface area contributed by atoms with Crippen molar-refractivity contribution in [2.45, 2.75) is 0 Å². The van der Waals surface area contributed by atoms with E-state index in [9.17, 15) is 0 Å². The lowest BCUT2D eigenvalue weighted by Gasteiger charge is -2.13. The maximum Gasteiger partial charge on any atom is -0.00264 e. The van der Waals surface area contributed by atoms with E-state index in [0.29, 0.717) is 0 Å². The van der Waals surface area contributed by atoms with Crippen LogP contribution < -0.4 is 0 Å². The number of rotatable bonds is 0. The highest BCUT2D eigenvalue weighted by molar-refractivity contribution is 6.32. The summed E-state index contributed by atoms with van der Waals surface area (Å²) < 4.78 is 0. The second kappa shape index (κ2) is 6.86. The lowest BCUT2D eigenvalue weighted by molar-refractivity contribution is 1.75. The monoisotopic (exact) mass is 380 g/mol. The first-order valence-corrected chi connectivity index (χ1v) is 10.4. The van der Waals surface area contributed by atoms with Gasteiger partial charge in [0, 0.05) is 0 Å². The van der Waals surface area contributed by atoms with Gasteiger partial charge >= 0.3 is 0 Å². The van der Waals surface area contributed by atoms with Gasteiger partial charge in [0.05, 0.1) is 0 Å². The maximum atomic E-state index is 2.25. The van der Waals surface area contributed by atoms with E-state index in [-0.39, 0.29) is 0 Å². The minimum absolute atomic E-state index is 1.31. The second-order valence-electron chi connectivity index (χ2n) is 7.77. The molecule has 7 aromatic carbocycles. The first-order valence-electron chi connectivity index (χ1n) is 10.4. The minimum Gasteiger partial charge on any atom is -0.0616 e. The zero-order valence-corrected chi connectivity index (χ0v) is 16.5. The number of hydrogen-bond donors (Lipinski definition) is 0. The van der Waals surface area contributed by atoms with E-state index >= 15 is 0 Å². The van der Waals surface area contributed by atoms with Crippen LogP contribution in [0.5, 0.6) is 0 Å². The second-order valence-corrected chi connectivity index (χ2v) is 7.77. The molecule has 0 heteroatoms. The van der Waals surface area contributed by atoms with E-state index in [1.807, 2.05) is 0 Å². The van der Waals surface area contributed by atoms with Crippen molar-refractivity contribution in [1.82, 2.24) is 0 Å². The van der Waals surface area contributed by atoms with Crippen LogP contribution in [0.25, 0.3) is 53.9 Å². The fraction of sp³-hybridized carbons (Fsp3) is 0. The van der Waals surface area contributed by atoms with Gasteiger partial charge in [0.2, 0.25) is 0 Å². The Balaban J connectivity index is 0.000000147. The third-order valence-electron chi connectivity index (χ3n) is 6.05. The predicted octanol–water partition coefficient (Wildman–Crippen LogP) is 8.58. The SMILES string of the molecule is c1cc2cccc3c4cccc5cccc(c(c1)c23)c54.c1ccc2ccccc2c1. The van der Waals surface area contributed by atoms with Crippen LogP contribution in [0.2, 0.25) is 0 Å². The summed E-state index contributed by atoms with van der Waals surface area (Å²) in [6.45, 7) is 0. The molecule has 0 aromatic heterocycles. The summed E-state index contributed by atoms with van der Waals surface area (Å²) >= 11 is 0. The molecule has 0 saturated heterocycles. The predicted molar refractivity (Wildman–Crippen MR) is 132 cm³/mol. The van der Waals surface area contributed by atoms with Gasteiger partial charge in [-0.3, -0.25) is 0 Å². The molecule has 30 heavy (non-hydrogen) atoms. The van der Waals surface area contributed by atoms with Gasteiger partial charge in [-0.1, -0.05) is 121 Å². The molecule has 0 amide bonds. The molecule has 0 unspecified atom stereocenters. The molecule has 0 atom stereocenters. The van der Waals surface area contributed by atoms with Crippen LogP contribution in [-0.2, 0) is 0 Å². The molecule has 7 rings (SSSR count). The van der Waals surface area contributed by atoms with Gasteiger partial charge in [-0.2, -0.15) is 0 Å². The highest BCUT2D eigenvalue weighted by Crippen LogP contribution is 2.39. The first-order chi connectivity index (χ1) is 14.9. The van der Waals surface area contributed by atoms with Crippen molar-refractivity contribution in [2.24, 2.45) is 0 Å². The van der Waals surface area contributed by atoms with Gasteiger partial charge in [-0.05, 0) is 53.9 Å². The topological polar surface area (TPSA) is 0 Å². The molecule has 140 valence electrons. The van der Waals surface area contributed by atoms with Gasteiger partial charge in [0.25, 0.3) is 0 Å². The molecule has 0 spiro atoms. The van der Waals surface area contributed by atoms with Crippen molar-refractivity contribution < 1.29 is 0 Å². The Labute approximate surface area is 175 Å². The standard InChI is InChI=1S/C20H12.C10H8/c1-5-13-6-2-11-17-18-12-4-8-14-7-3-10-16(20(14)18)15(9-1)19(13)17;1-2-6-10-8-4-3-7-9(10)5-1/h1-12H;1-8H. The zero-order chi connectivity index (χ0) is 19.9. The Bertz CT molecular complexity index is 1400. The Morgan fingerprint density at radius 1 is 0.233 bits per heavy atom. The molecule has 0 aliphatic rings. The van der Waals surface area contributed by atoms with Crippen LogP contribution in [0.15, 0.2) is 121 Å². The van der Waals surface area contributed by atoms with Crippen molar-refractivity contribution in [1.29, 1.82) is 0 Å². The molecular weight excluding hydrogens is 360 g/mol. The summed E-state index contributed by atoms with van der Waals surface area (Å²) in [7, 11) is 0. The third-order valence-corrected chi connectivity index (χ3v) is 6.05. The number of benzene rings is 7. The molecule has 0 fully saturated rings. The normalized spacial score (nSPS) is 11.3. The average molecular weight is 380 g/mol. The molecule has 0 radical (unpaired) electrons. The van der Waals surface area contributed by atoms with Crippen LogP contribution in [-0.4, -0.2) is 0 Å². The molecule has 0 aliphatic heterocycles. The van der Waals surface area contributed by atoms with E-state index in [2.05, 4.69) is 121 Å². The van der Waals surface area contributed by atoms with E-state index in [1.165, 1.54) is 53.9 Å². The Morgan fingerprint density at radius 2 is 0.500 bits per heavy atom. The quantitative estimate of drug-likeness (QED) is 0.182. The van der Waals surface area contributed by atoms with Gasteiger partial charge in [-0.15, -0.1) is 0 Å². The highest BCUT2D eigenvalue weighted by atomic mass is 14.1. The summed E-state index contributed by atoms with van der Waals surface area (Å²) in [6, 6.07) is 43.2. The van der Waals surface area contributed by atoms with Gasteiger partial charge in [0.15, 0.2) is 0 Å². The van der Waals surface area contributed by atoms with Crippen LogP contribution in [0.1, 0.15) is 0 Å². The van der Waals surface area contributed by atoms with Crippen LogP contribution in [0.4, 0.5) is 0 Å². The summed E-state index contributed by atoms with van der Waals surface area (Å²) in [4.78, 5) is 0. The zero-order valence-electron chi connectivity index (χ0n) is 16.5. The maximum absolute atomic E-state index is 2.25. The summed E-state index contributed by atoms with van der Waals surface area (Å²) in [5.74, 6) is 0. The number of fused-ring (bicyclic) bond motifs is 3. The highest BCUT2D eigenvalue weighted by Gasteiger charge is 2.11. The minimum atomic E-state index is 1.31. The lowest BCUT2D eigenvalue weighted by atomic mass is 9.90. The molecule has 0 N–H and O–H groups in total. The van der Waals surface area contributed by atoms with Gasteiger partial charge in [-0.25, -0.2) is 0 Å². The van der Waals surface area contributed by atoms with Crippen molar-refractivity contribution in [3.8, 4) is 0 Å². The Morgan fingerprint density at radius 3 is 0.800 bits per heavy atom. The summed E-state index contributed by atoms with van der Waals surface area (Å²) in [6.07, 6.45) is 0. The van der Waals surface area contributed by atoms with Crippen LogP contribution >= 0.6 is 0 Å². The molecule has 0 bridgehead atoms. The molecule has 0 saturated carbocycles. The van der Waals surface area contributed by atoms with E-state index < -0.39 is 0 Å². The largest absolute Gasteiger partial charge is 0.0616 e. The Kier molecular flexibility index (Phi) is 3.89. The van der Waals surface area contributed by atoms with Crippen LogP contribution in [0.3, 0.4) is 0 Å². The summed E-state index contributed by atoms with van der Waals surface area (Å²) in [5, 5.41) is 13.5. The number of hydrogen-bond acceptors (Lipinski definition) is 0.